The minimum absolute atomic E-state index is 0.00667. The predicted molar refractivity (Wildman–Crippen MR) is 78.3 cm³/mol. The highest BCUT2D eigenvalue weighted by Gasteiger charge is 2.35. The lowest BCUT2D eigenvalue weighted by Gasteiger charge is -2.37. The van der Waals surface area contributed by atoms with Crippen LogP contribution in [0.4, 0.5) is 16.2 Å². The molecule has 1 aromatic rings. The first kappa shape index (κ1) is 13.5. The minimum Gasteiger partial charge on any atom is -0.465 e. The molecule has 21 heavy (non-hydrogen) atoms. The number of piperazine rings is 1. The van der Waals surface area contributed by atoms with Gasteiger partial charge in [0.1, 0.15) is 0 Å². The highest BCUT2D eigenvalue weighted by atomic mass is 16.5. The standard InChI is InChI=1S/C14H18N4O3/c1-21-13(19)11-6-9(2-3-12(11)15)17-4-5-18-10(8-17)7-16-14(18)20/h2-3,6,10H,4-5,7-8,15H2,1H3,(H,16,20). The molecule has 7 heteroatoms. The van der Waals surface area contributed by atoms with Gasteiger partial charge >= 0.3 is 12.0 Å². The number of urea groups is 1. The lowest BCUT2D eigenvalue weighted by molar-refractivity contribution is 0.0602. The lowest BCUT2D eigenvalue weighted by atomic mass is 10.1. The number of nitrogen functional groups attached to an aromatic ring is 1. The van der Waals surface area contributed by atoms with Crippen LogP contribution < -0.4 is 16.0 Å². The van der Waals surface area contributed by atoms with E-state index < -0.39 is 5.97 Å². The first-order chi connectivity index (χ1) is 10.1. The molecular weight excluding hydrogens is 272 g/mol. The van der Waals surface area contributed by atoms with Gasteiger partial charge in [0.25, 0.3) is 0 Å². The summed E-state index contributed by atoms with van der Waals surface area (Å²) in [4.78, 5) is 27.3. The Morgan fingerprint density at radius 1 is 1.43 bits per heavy atom. The average Bonchev–Trinajstić information content (AvgIpc) is 2.88. The summed E-state index contributed by atoms with van der Waals surface area (Å²) in [6.45, 7) is 2.81. The second-order valence-corrected chi connectivity index (χ2v) is 5.24. The molecule has 2 aliphatic rings. The van der Waals surface area contributed by atoms with Crippen molar-refractivity contribution in [2.75, 3.05) is 43.9 Å². The number of hydrogen-bond acceptors (Lipinski definition) is 5. The van der Waals surface area contributed by atoms with Gasteiger partial charge in [-0.15, -0.1) is 0 Å². The van der Waals surface area contributed by atoms with Crippen LogP contribution in [0.15, 0.2) is 18.2 Å². The molecular formula is C14H18N4O3. The lowest BCUT2D eigenvalue weighted by Crippen LogP contribution is -2.52. The highest BCUT2D eigenvalue weighted by molar-refractivity contribution is 5.96. The van der Waals surface area contributed by atoms with E-state index in [1.54, 1.807) is 12.1 Å². The molecule has 3 rings (SSSR count). The largest absolute Gasteiger partial charge is 0.465 e. The molecule has 0 spiro atoms. The molecule has 7 nitrogen and oxygen atoms in total. The van der Waals surface area contributed by atoms with E-state index in [-0.39, 0.29) is 12.1 Å². The smallest absolute Gasteiger partial charge is 0.340 e. The highest BCUT2D eigenvalue weighted by Crippen LogP contribution is 2.25. The van der Waals surface area contributed by atoms with E-state index in [1.165, 1.54) is 7.11 Å². The first-order valence-electron chi connectivity index (χ1n) is 6.87. The summed E-state index contributed by atoms with van der Waals surface area (Å²) in [6.07, 6.45) is 0. The van der Waals surface area contributed by atoms with Crippen LogP contribution in [0.3, 0.4) is 0 Å². The Bertz CT molecular complexity index is 590. The zero-order valence-electron chi connectivity index (χ0n) is 11.8. The molecule has 2 heterocycles. The fourth-order valence-electron chi connectivity index (χ4n) is 2.87. The molecule has 0 saturated carbocycles. The zero-order chi connectivity index (χ0) is 15.0. The maximum absolute atomic E-state index is 11.7. The third-order valence-electron chi connectivity index (χ3n) is 4.04. The van der Waals surface area contributed by atoms with Crippen LogP contribution in [0.25, 0.3) is 0 Å². The van der Waals surface area contributed by atoms with Gasteiger partial charge in [-0.3, -0.25) is 0 Å². The predicted octanol–water partition coefficient (Wildman–Crippen LogP) is 0.269. The number of anilines is 2. The van der Waals surface area contributed by atoms with Crippen molar-refractivity contribution < 1.29 is 14.3 Å². The third kappa shape index (κ3) is 2.35. The number of carbonyl (C=O) groups excluding carboxylic acids is 2. The number of benzene rings is 1. The van der Waals surface area contributed by atoms with Crippen LogP contribution in [0.1, 0.15) is 10.4 Å². The van der Waals surface area contributed by atoms with Crippen LogP contribution in [-0.4, -0.2) is 56.2 Å². The molecule has 0 radical (unpaired) electrons. The molecule has 112 valence electrons. The SMILES string of the molecule is COC(=O)c1cc(N2CCN3C(=O)NCC3C2)ccc1N. The number of amides is 2. The molecule has 2 aliphatic heterocycles. The Morgan fingerprint density at radius 3 is 3.00 bits per heavy atom. The van der Waals surface area contributed by atoms with Crippen molar-refractivity contribution >= 4 is 23.4 Å². The van der Waals surface area contributed by atoms with Crippen LogP contribution in [0.2, 0.25) is 0 Å². The molecule has 2 amide bonds. The summed E-state index contributed by atoms with van der Waals surface area (Å²) in [7, 11) is 1.34. The zero-order valence-corrected chi connectivity index (χ0v) is 11.8. The van der Waals surface area contributed by atoms with Gasteiger partial charge in [0.05, 0.1) is 18.7 Å². The molecule has 0 aliphatic carbocycles. The Balaban J connectivity index is 1.81. The molecule has 2 fully saturated rings. The Labute approximate surface area is 122 Å². The van der Waals surface area contributed by atoms with Crippen molar-refractivity contribution in [3.05, 3.63) is 23.8 Å². The van der Waals surface area contributed by atoms with E-state index in [9.17, 15) is 9.59 Å². The number of nitrogens with two attached hydrogens (primary N) is 1. The summed E-state index contributed by atoms with van der Waals surface area (Å²) >= 11 is 0. The van der Waals surface area contributed by atoms with Crippen molar-refractivity contribution in [1.29, 1.82) is 0 Å². The fourth-order valence-corrected chi connectivity index (χ4v) is 2.87. The maximum Gasteiger partial charge on any atom is 0.340 e. The molecule has 2 saturated heterocycles. The van der Waals surface area contributed by atoms with Gasteiger partial charge in [-0.2, -0.15) is 0 Å². The van der Waals surface area contributed by atoms with Crippen molar-refractivity contribution in [3.63, 3.8) is 0 Å². The topological polar surface area (TPSA) is 87.9 Å². The number of methoxy groups -OCH3 is 1. The fraction of sp³-hybridized carbons (Fsp3) is 0.429. The second-order valence-electron chi connectivity index (χ2n) is 5.24. The molecule has 1 unspecified atom stereocenters. The number of hydrogen-bond donors (Lipinski definition) is 2. The Kier molecular flexibility index (Phi) is 3.32. The number of ether oxygens (including phenoxy) is 1. The van der Waals surface area contributed by atoms with Crippen LogP contribution >= 0.6 is 0 Å². The molecule has 1 atom stereocenters. The van der Waals surface area contributed by atoms with Gasteiger partial charge in [-0.25, -0.2) is 9.59 Å². The van der Waals surface area contributed by atoms with E-state index in [2.05, 4.69) is 10.2 Å². The van der Waals surface area contributed by atoms with Gasteiger partial charge in [0.2, 0.25) is 0 Å². The summed E-state index contributed by atoms with van der Waals surface area (Å²) < 4.78 is 4.74. The van der Waals surface area contributed by atoms with Gasteiger partial charge < -0.3 is 25.6 Å². The maximum atomic E-state index is 11.7. The van der Waals surface area contributed by atoms with Crippen LogP contribution in [-0.2, 0) is 4.74 Å². The van der Waals surface area contributed by atoms with E-state index in [0.29, 0.717) is 24.3 Å². The Hall–Kier alpha value is -2.44. The molecule has 0 aromatic heterocycles. The minimum atomic E-state index is -0.439. The van der Waals surface area contributed by atoms with Gasteiger partial charge in [-0.1, -0.05) is 0 Å². The van der Waals surface area contributed by atoms with Gasteiger partial charge in [0.15, 0.2) is 0 Å². The van der Waals surface area contributed by atoms with Gasteiger partial charge in [-0.05, 0) is 18.2 Å². The van der Waals surface area contributed by atoms with Crippen molar-refractivity contribution in [1.82, 2.24) is 10.2 Å². The van der Waals surface area contributed by atoms with Crippen LogP contribution in [0, 0.1) is 0 Å². The number of nitrogens with zero attached hydrogens (tertiary/aromatic N) is 2. The molecule has 0 bridgehead atoms. The number of carbonyl (C=O) groups is 2. The summed E-state index contributed by atoms with van der Waals surface area (Å²) in [5, 5.41) is 2.85. The third-order valence-corrected chi connectivity index (χ3v) is 4.04. The first-order valence-corrected chi connectivity index (χ1v) is 6.87. The monoisotopic (exact) mass is 290 g/mol. The number of nitrogens with one attached hydrogen (secondary N) is 1. The molecule has 3 N–H and O–H groups in total. The van der Waals surface area contributed by atoms with E-state index in [0.717, 1.165) is 18.8 Å². The number of esters is 1. The van der Waals surface area contributed by atoms with Crippen molar-refractivity contribution in [3.8, 4) is 0 Å². The second kappa shape index (κ2) is 5.16. The quantitative estimate of drug-likeness (QED) is 0.603. The number of rotatable bonds is 2. The van der Waals surface area contributed by atoms with Crippen molar-refractivity contribution in [2.45, 2.75) is 6.04 Å². The average molecular weight is 290 g/mol. The van der Waals surface area contributed by atoms with E-state index in [1.807, 2.05) is 11.0 Å². The summed E-state index contributed by atoms with van der Waals surface area (Å²) in [6, 6.07) is 5.53. The summed E-state index contributed by atoms with van der Waals surface area (Å²) in [5.74, 6) is -0.439. The molecule has 1 aromatic carbocycles. The van der Waals surface area contributed by atoms with Gasteiger partial charge in [0, 0.05) is 37.6 Å². The normalized spacial score (nSPS) is 21.0. The van der Waals surface area contributed by atoms with E-state index >= 15 is 0 Å². The van der Waals surface area contributed by atoms with Crippen LogP contribution in [0.5, 0.6) is 0 Å². The van der Waals surface area contributed by atoms with Crippen molar-refractivity contribution in [2.24, 2.45) is 0 Å². The summed E-state index contributed by atoms with van der Waals surface area (Å²) in [5.41, 5.74) is 7.51. The van der Waals surface area contributed by atoms with E-state index in [4.69, 9.17) is 10.5 Å². The number of fused-ring (bicyclic) bond motifs is 1. The Morgan fingerprint density at radius 2 is 2.24 bits per heavy atom.